The van der Waals surface area contributed by atoms with E-state index in [0.29, 0.717) is 57.3 Å². The van der Waals surface area contributed by atoms with Gasteiger partial charge < -0.3 is 24.8 Å². The number of hydrogen-bond donors (Lipinski definition) is 3. The minimum atomic E-state index is -5.09. The average Bonchev–Trinajstić information content (AvgIpc) is 4.04. The van der Waals surface area contributed by atoms with Crippen LogP contribution < -0.4 is 19.5 Å². The predicted molar refractivity (Wildman–Crippen MR) is 209 cm³/mol. The van der Waals surface area contributed by atoms with Crippen molar-refractivity contribution in [1.29, 1.82) is 0 Å². The monoisotopic (exact) mass is 847 g/mol. The SMILES string of the molecule is C[C@H]1CCC=C[C@@H]2C[C@@]2(C(=O)NS(=O)(=O)C2(C)CC2)NC(=O)[C@@H]2C[C@@H](Oc3nccc4c5c(ccc34)CCCO5)CN2C(=O)[C@@H](N(C(=O)O)C(C)(C)C(F)(F)F)[C@H](C)C1. The van der Waals surface area contributed by atoms with Crippen LogP contribution in [0.3, 0.4) is 0 Å². The van der Waals surface area contributed by atoms with Crippen LogP contribution in [0, 0.1) is 17.8 Å². The zero-order valence-electron chi connectivity index (χ0n) is 33.8. The normalized spacial score (nSPS) is 29.7. The highest BCUT2D eigenvalue weighted by Gasteiger charge is 2.64. The summed E-state index contributed by atoms with van der Waals surface area (Å²) in [6, 6.07) is 2.17. The first-order valence-electron chi connectivity index (χ1n) is 20.3. The van der Waals surface area contributed by atoms with Crippen molar-refractivity contribution in [1.82, 2.24) is 24.8 Å². The Morgan fingerprint density at radius 2 is 1.85 bits per heavy atom. The number of allylic oxidation sites excluding steroid dienone is 1. The number of aromatic nitrogens is 1. The number of aryl methyl sites for hydroxylation is 1. The Morgan fingerprint density at radius 1 is 1.12 bits per heavy atom. The highest BCUT2D eigenvalue weighted by Crippen LogP contribution is 2.48. The highest BCUT2D eigenvalue weighted by molar-refractivity contribution is 7.91. The molecule has 4 heterocycles. The third-order valence-corrected chi connectivity index (χ3v) is 15.2. The molecule has 0 unspecified atom stereocenters. The number of pyridine rings is 1. The van der Waals surface area contributed by atoms with Crippen molar-refractivity contribution in [2.24, 2.45) is 17.8 Å². The third kappa shape index (κ3) is 7.81. The zero-order valence-corrected chi connectivity index (χ0v) is 34.6. The second kappa shape index (κ2) is 15.1. The molecule has 7 atom stereocenters. The van der Waals surface area contributed by atoms with Crippen LogP contribution in [0.1, 0.15) is 91.5 Å². The van der Waals surface area contributed by atoms with E-state index in [9.17, 15) is 41.1 Å². The van der Waals surface area contributed by atoms with Gasteiger partial charge in [0.2, 0.25) is 27.7 Å². The molecule has 0 spiro atoms. The molecule has 14 nitrogen and oxygen atoms in total. The largest absolute Gasteiger partial charge is 0.493 e. The van der Waals surface area contributed by atoms with Gasteiger partial charge in [0.1, 0.15) is 35.0 Å². The number of alkyl halides is 3. The van der Waals surface area contributed by atoms with Gasteiger partial charge in [0.05, 0.1) is 17.9 Å². The molecule has 1 saturated heterocycles. The van der Waals surface area contributed by atoms with Crippen LogP contribution in [0.15, 0.2) is 36.5 Å². The lowest BCUT2D eigenvalue weighted by Gasteiger charge is -2.45. The second-order valence-electron chi connectivity index (χ2n) is 17.8. The Bertz CT molecular complexity index is 2180. The Balaban J connectivity index is 1.29. The molecule has 1 aromatic carbocycles. The molecule has 3 aliphatic heterocycles. The van der Waals surface area contributed by atoms with Gasteiger partial charge in [-0.1, -0.05) is 32.1 Å². The Kier molecular flexibility index (Phi) is 10.9. The molecule has 322 valence electrons. The minimum Gasteiger partial charge on any atom is -0.493 e. The summed E-state index contributed by atoms with van der Waals surface area (Å²) in [6.07, 6.45) is 0.454. The van der Waals surface area contributed by atoms with Crippen LogP contribution in [0.2, 0.25) is 0 Å². The van der Waals surface area contributed by atoms with Gasteiger partial charge >= 0.3 is 12.3 Å². The summed E-state index contributed by atoms with van der Waals surface area (Å²) < 4.78 is 84.1. The van der Waals surface area contributed by atoms with E-state index in [1.165, 1.54) is 20.0 Å². The van der Waals surface area contributed by atoms with E-state index >= 15 is 4.79 Å². The van der Waals surface area contributed by atoms with Gasteiger partial charge in [0.25, 0.3) is 5.91 Å². The van der Waals surface area contributed by atoms with E-state index in [1.54, 1.807) is 12.1 Å². The summed E-state index contributed by atoms with van der Waals surface area (Å²) in [4.78, 5) is 62.2. The van der Waals surface area contributed by atoms with Gasteiger partial charge in [-0.25, -0.2) is 18.2 Å². The number of nitrogens with zero attached hydrogens (tertiary/aromatic N) is 3. The number of nitrogens with one attached hydrogen (secondary N) is 2. The van der Waals surface area contributed by atoms with E-state index in [0.717, 1.165) is 28.7 Å². The lowest BCUT2D eigenvalue weighted by Crippen LogP contribution is -2.66. The van der Waals surface area contributed by atoms with Gasteiger partial charge in [-0.05, 0) is 102 Å². The number of benzene rings is 1. The van der Waals surface area contributed by atoms with Gasteiger partial charge in [0.15, 0.2) is 0 Å². The summed E-state index contributed by atoms with van der Waals surface area (Å²) in [5.74, 6) is -3.72. The van der Waals surface area contributed by atoms with E-state index in [1.807, 2.05) is 25.1 Å². The van der Waals surface area contributed by atoms with E-state index in [4.69, 9.17) is 9.47 Å². The standard InChI is InChI=1S/C41H52F3N5O9S/c1-23-9-6-7-11-26-21-40(26,36(52)47-59(55,56)39(5)15-16-39)46-33(50)30-20-27(58-34-29-13-12-25-10-8-18-57-32(25)28(29)14-17-45-34)22-48(30)35(51)31(24(2)19-23)49(37(53)54)38(3,4)41(42,43)44/h7,11-14,17,23-24,26-27,30-31H,6,8-10,15-16,18-22H2,1-5H3,(H,46,50)(H,47,52)(H,53,54)/t23-,24+,26+,27+,30-,31-,40+/m0/s1. The van der Waals surface area contributed by atoms with Crippen LogP contribution in [-0.4, -0.2) is 105 Å². The number of halogens is 3. The topological polar surface area (TPSA) is 185 Å². The molecular weight excluding hydrogens is 796 g/mol. The van der Waals surface area contributed by atoms with Crippen molar-refractivity contribution in [2.45, 2.75) is 133 Å². The number of amides is 4. The molecule has 1 aromatic heterocycles. The number of carboxylic acid groups (broad SMARTS) is 1. The maximum atomic E-state index is 15.0. The number of sulfonamides is 1. The quantitative estimate of drug-likeness (QED) is 0.302. The molecule has 2 saturated carbocycles. The van der Waals surface area contributed by atoms with E-state index < -0.39 is 85.9 Å². The molecule has 0 radical (unpaired) electrons. The molecule has 59 heavy (non-hydrogen) atoms. The molecule has 7 rings (SSSR count). The van der Waals surface area contributed by atoms with Gasteiger partial charge in [-0.3, -0.25) is 24.0 Å². The molecule has 4 amide bonds. The summed E-state index contributed by atoms with van der Waals surface area (Å²) in [7, 11) is -4.12. The maximum absolute atomic E-state index is 15.0. The first kappa shape index (κ1) is 42.5. The van der Waals surface area contributed by atoms with Crippen LogP contribution >= 0.6 is 0 Å². The summed E-state index contributed by atoms with van der Waals surface area (Å²) in [6.45, 7) is 6.50. The molecule has 18 heteroatoms. The fourth-order valence-corrected chi connectivity index (χ4v) is 10.2. The lowest BCUT2D eigenvalue weighted by atomic mass is 9.85. The summed E-state index contributed by atoms with van der Waals surface area (Å²) in [5.41, 5.74) is -3.73. The zero-order chi connectivity index (χ0) is 42.9. The maximum Gasteiger partial charge on any atom is 0.411 e. The number of fused-ring (bicyclic) bond motifs is 5. The highest BCUT2D eigenvalue weighted by atomic mass is 32.2. The van der Waals surface area contributed by atoms with Crippen LogP contribution in [0.25, 0.3) is 10.8 Å². The van der Waals surface area contributed by atoms with Crippen LogP contribution in [0.4, 0.5) is 18.0 Å². The first-order valence-corrected chi connectivity index (χ1v) is 21.7. The molecule has 3 N–H and O–H groups in total. The molecule has 5 aliphatic rings. The molecule has 0 bridgehead atoms. The van der Waals surface area contributed by atoms with Crippen molar-refractivity contribution in [2.75, 3.05) is 13.2 Å². The summed E-state index contributed by atoms with van der Waals surface area (Å²) in [5, 5.41) is 14.6. The van der Waals surface area contributed by atoms with E-state index in [2.05, 4.69) is 15.0 Å². The molecule has 2 aliphatic carbocycles. The smallest absolute Gasteiger partial charge is 0.411 e. The van der Waals surface area contributed by atoms with Gasteiger partial charge in [-0.15, -0.1) is 0 Å². The van der Waals surface area contributed by atoms with Crippen LogP contribution in [0.5, 0.6) is 11.6 Å². The predicted octanol–water partition coefficient (Wildman–Crippen LogP) is 5.48. The number of carbonyl (C=O) groups excluding carboxylic acids is 3. The van der Waals surface area contributed by atoms with Gasteiger partial charge in [0, 0.05) is 29.3 Å². The van der Waals surface area contributed by atoms with Crippen molar-refractivity contribution in [3.63, 3.8) is 0 Å². The fourth-order valence-electron chi connectivity index (χ4n) is 8.89. The number of hydrogen-bond acceptors (Lipinski definition) is 9. The van der Waals surface area contributed by atoms with Crippen LogP contribution in [-0.2, 0) is 30.8 Å². The van der Waals surface area contributed by atoms with Crippen molar-refractivity contribution >= 4 is 44.6 Å². The van der Waals surface area contributed by atoms with E-state index in [-0.39, 0.29) is 42.5 Å². The number of carbonyl (C=O) groups is 4. The summed E-state index contributed by atoms with van der Waals surface area (Å²) >= 11 is 0. The second-order valence-corrected chi connectivity index (χ2v) is 20.0. The minimum absolute atomic E-state index is 0.0575. The Hall–Kier alpha value is -4.61. The third-order valence-electron chi connectivity index (χ3n) is 13.0. The average molecular weight is 848 g/mol. The lowest BCUT2D eigenvalue weighted by molar-refractivity contribution is -0.222. The fraction of sp³-hybridized carbons (Fsp3) is 0.634. The molecule has 2 aromatic rings. The van der Waals surface area contributed by atoms with Crippen molar-refractivity contribution < 1.29 is 55.3 Å². The van der Waals surface area contributed by atoms with Crippen molar-refractivity contribution in [3.8, 4) is 11.6 Å². The molecular formula is C41H52F3N5O9S. The number of rotatable bonds is 7. The Labute approximate surface area is 341 Å². The molecule has 3 fully saturated rings. The van der Waals surface area contributed by atoms with Crippen molar-refractivity contribution in [3.05, 3.63) is 42.1 Å². The number of ether oxygens (including phenoxy) is 2. The first-order chi connectivity index (χ1) is 27.6. The van der Waals surface area contributed by atoms with Gasteiger partial charge in [-0.2, -0.15) is 13.2 Å². The Morgan fingerprint density at radius 3 is 2.53 bits per heavy atom.